The first-order valence-corrected chi connectivity index (χ1v) is 5.28. The van der Waals surface area contributed by atoms with Crippen molar-refractivity contribution in [3.8, 4) is 0 Å². The molecule has 0 fully saturated rings. The van der Waals surface area contributed by atoms with Crippen LogP contribution in [0.3, 0.4) is 0 Å². The van der Waals surface area contributed by atoms with Crippen molar-refractivity contribution in [3.63, 3.8) is 0 Å². The SMILES string of the molecule is CCNCCCNC(=O)c1ccoc1C. The lowest BCUT2D eigenvalue weighted by atomic mass is 10.2. The van der Waals surface area contributed by atoms with Crippen LogP contribution in [0.4, 0.5) is 0 Å². The Morgan fingerprint density at radius 2 is 2.27 bits per heavy atom. The molecule has 0 saturated heterocycles. The minimum Gasteiger partial charge on any atom is -0.469 e. The summed E-state index contributed by atoms with van der Waals surface area (Å²) in [6, 6.07) is 1.69. The summed E-state index contributed by atoms with van der Waals surface area (Å²) in [5.74, 6) is 0.608. The molecular formula is C11H18N2O2. The second-order valence-electron chi connectivity index (χ2n) is 3.35. The highest BCUT2D eigenvalue weighted by Gasteiger charge is 2.09. The van der Waals surface area contributed by atoms with Gasteiger partial charge >= 0.3 is 0 Å². The van der Waals surface area contributed by atoms with Crippen molar-refractivity contribution in [2.24, 2.45) is 0 Å². The van der Waals surface area contributed by atoms with Gasteiger partial charge in [0.2, 0.25) is 0 Å². The number of carbonyl (C=O) groups excluding carboxylic acids is 1. The van der Waals surface area contributed by atoms with Gasteiger partial charge in [-0.15, -0.1) is 0 Å². The highest BCUT2D eigenvalue weighted by atomic mass is 16.3. The molecule has 1 amide bonds. The van der Waals surface area contributed by atoms with Crippen LogP contribution in [0.25, 0.3) is 0 Å². The van der Waals surface area contributed by atoms with E-state index in [1.807, 2.05) is 0 Å². The standard InChI is InChI=1S/C11H18N2O2/c1-3-12-6-4-7-13-11(14)10-5-8-15-9(10)2/h5,8,12H,3-4,6-7H2,1-2H3,(H,13,14). The second kappa shape index (κ2) is 6.24. The summed E-state index contributed by atoms with van der Waals surface area (Å²) in [6.07, 6.45) is 2.47. The van der Waals surface area contributed by atoms with Crippen LogP contribution in [0.15, 0.2) is 16.7 Å². The quantitative estimate of drug-likeness (QED) is 0.696. The number of hydrogen-bond donors (Lipinski definition) is 2. The Hall–Kier alpha value is -1.29. The van der Waals surface area contributed by atoms with Crippen molar-refractivity contribution in [3.05, 3.63) is 23.7 Å². The van der Waals surface area contributed by atoms with E-state index in [2.05, 4.69) is 17.6 Å². The third-order valence-corrected chi connectivity index (χ3v) is 2.17. The Bertz CT molecular complexity index is 307. The molecule has 0 aliphatic rings. The fraction of sp³-hybridized carbons (Fsp3) is 0.545. The molecule has 0 radical (unpaired) electrons. The molecule has 1 heterocycles. The molecular weight excluding hydrogens is 192 g/mol. The Morgan fingerprint density at radius 3 is 2.87 bits per heavy atom. The lowest BCUT2D eigenvalue weighted by molar-refractivity contribution is 0.0952. The Morgan fingerprint density at radius 1 is 1.47 bits per heavy atom. The molecule has 0 aliphatic heterocycles. The summed E-state index contributed by atoms with van der Waals surface area (Å²) in [4.78, 5) is 11.6. The van der Waals surface area contributed by atoms with Crippen LogP contribution in [-0.2, 0) is 0 Å². The van der Waals surface area contributed by atoms with Gasteiger partial charge in [0.15, 0.2) is 0 Å². The van der Waals surface area contributed by atoms with Gasteiger partial charge in [-0.05, 0) is 32.5 Å². The zero-order valence-corrected chi connectivity index (χ0v) is 9.30. The smallest absolute Gasteiger partial charge is 0.254 e. The predicted molar refractivity (Wildman–Crippen MR) is 58.9 cm³/mol. The molecule has 0 aromatic carbocycles. The summed E-state index contributed by atoms with van der Waals surface area (Å²) in [5, 5.41) is 6.04. The molecule has 0 unspecified atom stereocenters. The van der Waals surface area contributed by atoms with Gasteiger partial charge in [-0.25, -0.2) is 0 Å². The van der Waals surface area contributed by atoms with E-state index < -0.39 is 0 Å². The summed E-state index contributed by atoms with van der Waals surface area (Å²) >= 11 is 0. The van der Waals surface area contributed by atoms with Crippen LogP contribution < -0.4 is 10.6 Å². The van der Waals surface area contributed by atoms with E-state index in [0.29, 0.717) is 17.9 Å². The number of furan rings is 1. The van der Waals surface area contributed by atoms with E-state index in [-0.39, 0.29) is 5.91 Å². The molecule has 1 aromatic rings. The summed E-state index contributed by atoms with van der Waals surface area (Å²) in [6.45, 7) is 6.44. The van der Waals surface area contributed by atoms with E-state index >= 15 is 0 Å². The number of amides is 1. The highest BCUT2D eigenvalue weighted by Crippen LogP contribution is 2.07. The molecule has 0 bridgehead atoms. The van der Waals surface area contributed by atoms with Crippen molar-refractivity contribution in [1.29, 1.82) is 0 Å². The summed E-state index contributed by atoms with van der Waals surface area (Å²) in [5.41, 5.74) is 0.624. The van der Waals surface area contributed by atoms with Crippen LogP contribution >= 0.6 is 0 Å². The van der Waals surface area contributed by atoms with E-state index in [4.69, 9.17) is 4.42 Å². The number of hydrogen-bond acceptors (Lipinski definition) is 3. The molecule has 1 aromatic heterocycles. The van der Waals surface area contributed by atoms with Crippen LogP contribution in [0.5, 0.6) is 0 Å². The first-order valence-electron chi connectivity index (χ1n) is 5.28. The number of rotatable bonds is 6. The molecule has 0 aliphatic carbocycles. The molecule has 4 nitrogen and oxygen atoms in total. The average Bonchev–Trinajstić information content (AvgIpc) is 2.64. The fourth-order valence-electron chi connectivity index (χ4n) is 1.31. The Labute approximate surface area is 90.0 Å². The molecule has 2 N–H and O–H groups in total. The van der Waals surface area contributed by atoms with E-state index in [1.165, 1.54) is 6.26 Å². The molecule has 4 heteroatoms. The number of carbonyl (C=O) groups is 1. The van der Waals surface area contributed by atoms with Gasteiger partial charge in [0, 0.05) is 6.54 Å². The largest absolute Gasteiger partial charge is 0.469 e. The third-order valence-electron chi connectivity index (χ3n) is 2.17. The van der Waals surface area contributed by atoms with Crippen molar-refractivity contribution in [2.75, 3.05) is 19.6 Å². The maximum absolute atomic E-state index is 11.6. The maximum Gasteiger partial charge on any atom is 0.254 e. The molecule has 84 valence electrons. The van der Waals surface area contributed by atoms with Crippen LogP contribution in [0.2, 0.25) is 0 Å². The zero-order chi connectivity index (χ0) is 11.1. The monoisotopic (exact) mass is 210 g/mol. The van der Waals surface area contributed by atoms with Crippen molar-refractivity contribution in [1.82, 2.24) is 10.6 Å². The van der Waals surface area contributed by atoms with Gasteiger partial charge in [-0.2, -0.15) is 0 Å². The van der Waals surface area contributed by atoms with Crippen LogP contribution in [-0.4, -0.2) is 25.5 Å². The zero-order valence-electron chi connectivity index (χ0n) is 9.30. The summed E-state index contributed by atoms with van der Waals surface area (Å²) in [7, 11) is 0. The van der Waals surface area contributed by atoms with E-state index in [0.717, 1.165) is 19.5 Å². The molecule has 0 spiro atoms. The number of nitrogens with one attached hydrogen (secondary N) is 2. The normalized spacial score (nSPS) is 10.3. The third kappa shape index (κ3) is 3.75. The fourth-order valence-corrected chi connectivity index (χ4v) is 1.31. The van der Waals surface area contributed by atoms with Gasteiger partial charge in [0.25, 0.3) is 5.91 Å². The molecule has 15 heavy (non-hydrogen) atoms. The van der Waals surface area contributed by atoms with Crippen LogP contribution in [0.1, 0.15) is 29.5 Å². The minimum absolute atomic E-state index is 0.0576. The topological polar surface area (TPSA) is 54.3 Å². The summed E-state index contributed by atoms with van der Waals surface area (Å²) < 4.78 is 5.06. The van der Waals surface area contributed by atoms with Gasteiger partial charge < -0.3 is 15.1 Å². The average molecular weight is 210 g/mol. The van der Waals surface area contributed by atoms with Gasteiger partial charge in [0.05, 0.1) is 11.8 Å². The Kier molecular flexibility index (Phi) is 4.90. The first kappa shape index (κ1) is 11.8. The predicted octanol–water partition coefficient (Wildman–Crippen LogP) is 1.32. The van der Waals surface area contributed by atoms with Crippen molar-refractivity contribution in [2.45, 2.75) is 20.3 Å². The van der Waals surface area contributed by atoms with E-state index in [9.17, 15) is 4.79 Å². The van der Waals surface area contributed by atoms with Gasteiger partial charge in [-0.3, -0.25) is 4.79 Å². The van der Waals surface area contributed by atoms with E-state index in [1.54, 1.807) is 13.0 Å². The van der Waals surface area contributed by atoms with Crippen molar-refractivity contribution >= 4 is 5.91 Å². The maximum atomic E-state index is 11.6. The first-order chi connectivity index (χ1) is 7.25. The molecule has 1 rings (SSSR count). The lowest BCUT2D eigenvalue weighted by Crippen LogP contribution is -2.27. The Balaban J connectivity index is 2.22. The lowest BCUT2D eigenvalue weighted by Gasteiger charge is -2.04. The minimum atomic E-state index is -0.0576. The highest BCUT2D eigenvalue weighted by molar-refractivity contribution is 5.94. The second-order valence-corrected chi connectivity index (χ2v) is 3.35. The van der Waals surface area contributed by atoms with Gasteiger partial charge in [0.1, 0.15) is 5.76 Å². The molecule has 0 atom stereocenters. The van der Waals surface area contributed by atoms with Gasteiger partial charge in [-0.1, -0.05) is 6.92 Å². The number of aryl methyl sites for hydroxylation is 1. The van der Waals surface area contributed by atoms with Crippen molar-refractivity contribution < 1.29 is 9.21 Å². The molecule has 0 saturated carbocycles. The van der Waals surface area contributed by atoms with Crippen LogP contribution in [0, 0.1) is 6.92 Å².